The number of benzene rings is 1. The van der Waals surface area contributed by atoms with Crippen molar-refractivity contribution in [2.24, 2.45) is 17.3 Å². The van der Waals surface area contributed by atoms with E-state index in [9.17, 15) is 9.90 Å². The van der Waals surface area contributed by atoms with Gasteiger partial charge in [0.25, 0.3) is 0 Å². The summed E-state index contributed by atoms with van der Waals surface area (Å²) in [5, 5.41) is 19.9. The number of piperazine rings is 1. The van der Waals surface area contributed by atoms with Crippen molar-refractivity contribution in [1.29, 1.82) is 5.26 Å². The van der Waals surface area contributed by atoms with Crippen LogP contribution in [0.3, 0.4) is 0 Å². The molecular weight excluding hydrogens is 362 g/mol. The first-order valence-corrected chi connectivity index (χ1v) is 11.2. The van der Waals surface area contributed by atoms with Crippen LogP contribution in [0.4, 0.5) is 0 Å². The fraction of sp³-hybridized carbons (Fsp3) is 0.667. The predicted octanol–water partition coefficient (Wildman–Crippen LogP) is 2.92. The molecule has 4 bridgehead atoms. The first-order valence-electron chi connectivity index (χ1n) is 11.2. The number of carbonyl (C=O) groups excluding carboxylic acids is 1. The van der Waals surface area contributed by atoms with Crippen molar-refractivity contribution < 1.29 is 9.90 Å². The molecule has 0 radical (unpaired) electrons. The lowest BCUT2D eigenvalue weighted by molar-refractivity contribution is -0.172. The van der Waals surface area contributed by atoms with E-state index in [4.69, 9.17) is 5.26 Å². The van der Waals surface area contributed by atoms with Crippen molar-refractivity contribution in [3.63, 3.8) is 0 Å². The van der Waals surface area contributed by atoms with Gasteiger partial charge in [0.1, 0.15) is 0 Å². The summed E-state index contributed by atoms with van der Waals surface area (Å²) in [7, 11) is 0. The fourth-order valence-corrected chi connectivity index (χ4v) is 7.14. The van der Waals surface area contributed by atoms with E-state index in [-0.39, 0.29) is 5.41 Å². The highest BCUT2D eigenvalue weighted by Gasteiger charge is 2.57. The maximum Gasteiger partial charge on any atom is 0.223 e. The summed E-state index contributed by atoms with van der Waals surface area (Å²) in [5.74, 6) is 1.57. The molecule has 1 aromatic rings. The van der Waals surface area contributed by atoms with Crippen LogP contribution in [0.1, 0.15) is 56.1 Å². The van der Waals surface area contributed by atoms with Crippen LogP contribution in [0.25, 0.3) is 0 Å². The van der Waals surface area contributed by atoms with Crippen molar-refractivity contribution >= 4 is 5.91 Å². The number of aliphatic hydroxyl groups is 1. The Morgan fingerprint density at radius 1 is 1.07 bits per heavy atom. The van der Waals surface area contributed by atoms with E-state index >= 15 is 0 Å². The number of carbonyl (C=O) groups is 1. The number of hydrogen-bond acceptors (Lipinski definition) is 4. The van der Waals surface area contributed by atoms with E-state index in [1.165, 1.54) is 12.0 Å². The Morgan fingerprint density at radius 3 is 2.31 bits per heavy atom. The molecule has 29 heavy (non-hydrogen) atoms. The summed E-state index contributed by atoms with van der Waals surface area (Å²) in [6.45, 7) is 4.25. The molecule has 4 aliphatic carbocycles. The Morgan fingerprint density at radius 2 is 1.72 bits per heavy atom. The number of nitriles is 1. The highest BCUT2D eigenvalue weighted by atomic mass is 16.3. The summed E-state index contributed by atoms with van der Waals surface area (Å²) < 4.78 is 0. The molecule has 1 aromatic carbocycles. The van der Waals surface area contributed by atoms with E-state index in [0.29, 0.717) is 29.7 Å². The van der Waals surface area contributed by atoms with Crippen molar-refractivity contribution in [2.45, 2.75) is 57.1 Å². The largest absolute Gasteiger partial charge is 0.390 e. The van der Waals surface area contributed by atoms with Gasteiger partial charge in [0, 0.05) is 39.1 Å². The van der Waals surface area contributed by atoms with Gasteiger partial charge in [-0.15, -0.1) is 0 Å². The van der Waals surface area contributed by atoms with Crippen molar-refractivity contribution in [3.05, 3.63) is 35.4 Å². The molecule has 1 heterocycles. The van der Waals surface area contributed by atoms with E-state index in [0.717, 1.165) is 64.8 Å². The Kier molecular flexibility index (Phi) is 4.68. The van der Waals surface area contributed by atoms with Gasteiger partial charge < -0.3 is 10.0 Å². The summed E-state index contributed by atoms with van der Waals surface area (Å²) in [6, 6.07) is 9.94. The number of nitrogens with zero attached hydrogens (tertiary/aromatic N) is 3. The Labute approximate surface area is 173 Å². The van der Waals surface area contributed by atoms with Gasteiger partial charge in [-0.25, -0.2) is 0 Å². The van der Waals surface area contributed by atoms with Crippen LogP contribution in [-0.4, -0.2) is 52.6 Å². The van der Waals surface area contributed by atoms with Gasteiger partial charge in [-0.2, -0.15) is 5.26 Å². The standard InChI is InChI=1S/C24H31N3O2/c25-15-18-1-3-19(4-2-18)16-26-5-7-27(8-6-26)22(28)14-23-10-20-9-21(11-23)13-24(29,12-20)17-23/h1-4,20-21,29H,5-14,16-17H2. The molecule has 1 saturated heterocycles. The van der Waals surface area contributed by atoms with Crippen LogP contribution < -0.4 is 0 Å². The van der Waals surface area contributed by atoms with Crippen molar-refractivity contribution in [2.75, 3.05) is 26.2 Å². The van der Waals surface area contributed by atoms with E-state index < -0.39 is 5.60 Å². The second kappa shape index (κ2) is 7.11. The SMILES string of the molecule is N#Cc1ccc(CN2CCN(C(=O)CC34CC5CC(CC(O)(C5)C3)C4)CC2)cc1. The van der Waals surface area contributed by atoms with Crippen LogP contribution in [0.15, 0.2) is 24.3 Å². The van der Waals surface area contributed by atoms with Gasteiger partial charge in [-0.3, -0.25) is 9.69 Å². The third kappa shape index (κ3) is 3.81. The molecule has 154 valence electrons. The zero-order chi connectivity index (χ0) is 20.1. The van der Waals surface area contributed by atoms with Crippen LogP contribution in [0.2, 0.25) is 0 Å². The average Bonchev–Trinajstić information content (AvgIpc) is 2.67. The lowest BCUT2D eigenvalue weighted by Gasteiger charge is -2.60. The molecule has 5 heteroatoms. The van der Waals surface area contributed by atoms with E-state index in [2.05, 4.69) is 15.9 Å². The second-order valence-electron chi connectivity index (χ2n) is 10.3. The summed E-state index contributed by atoms with van der Waals surface area (Å²) in [4.78, 5) is 17.6. The number of rotatable bonds is 4. The smallest absolute Gasteiger partial charge is 0.223 e. The molecule has 5 nitrogen and oxygen atoms in total. The molecule has 6 rings (SSSR count). The molecule has 0 spiro atoms. The molecule has 1 N–H and O–H groups in total. The topological polar surface area (TPSA) is 67.6 Å². The molecule has 4 saturated carbocycles. The van der Waals surface area contributed by atoms with Crippen LogP contribution >= 0.6 is 0 Å². The zero-order valence-electron chi connectivity index (χ0n) is 17.1. The second-order valence-corrected chi connectivity index (χ2v) is 10.3. The predicted molar refractivity (Wildman–Crippen MR) is 110 cm³/mol. The normalized spacial score (nSPS) is 36.2. The van der Waals surface area contributed by atoms with Gasteiger partial charge in [-0.1, -0.05) is 12.1 Å². The Hall–Kier alpha value is -1.90. The molecule has 1 aliphatic heterocycles. The van der Waals surface area contributed by atoms with Gasteiger partial charge in [0.15, 0.2) is 0 Å². The quantitative estimate of drug-likeness (QED) is 0.854. The highest BCUT2D eigenvalue weighted by molar-refractivity contribution is 5.77. The Balaban J connectivity index is 1.15. The van der Waals surface area contributed by atoms with Gasteiger partial charge in [0.05, 0.1) is 17.2 Å². The molecule has 5 fully saturated rings. The maximum absolute atomic E-state index is 13.1. The third-order valence-corrected chi connectivity index (χ3v) is 7.89. The minimum absolute atomic E-state index is 0.0650. The number of amides is 1. The maximum atomic E-state index is 13.1. The monoisotopic (exact) mass is 393 g/mol. The van der Waals surface area contributed by atoms with Crippen molar-refractivity contribution in [1.82, 2.24) is 9.80 Å². The van der Waals surface area contributed by atoms with Gasteiger partial charge >= 0.3 is 0 Å². The van der Waals surface area contributed by atoms with Crippen LogP contribution in [0.5, 0.6) is 0 Å². The van der Waals surface area contributed by atoms with E-state index in [1.54, 1.807) is 0 Å². The Bertz CT molecular complexity index is 806. The minimum Gasteiger partial charge on any atom is -0.390 e. The molecule has 0 aromatic heterocycles. The lowest BCUT2D eigenvalue weighted by atomic mass is 9.47. The summed E-state index contributed by atoms with van der Waals surface area (Å²) in [6.07, 6.45) is 6.98. The first kappa shape index (κ1) is 19.1. The molecular formula is C24H31N3O2. The van der Waals surface area contributed by atoms with E-state index in [1.807, 2.05) is 24.3 Å². The van der Waals surface area contributed by atoms with Crippen molar-refractivity contribution in [3.8, 4) is 6.07 Å². The highest BCUT2D eigenvalue weighted by Crippen LogP contribution is 2.62. The molecule has 2 atom stereocenters. The first-order chi connectivity index (χ1) is 13.9. The lowest BCUT2D eigenvalue weighted by Crippen LogP contribution is -2.57. The molecule has 1 amide bonds. The average molecular weight is 394 g/mol. The van der Waals surface area contributed by atoms with Gasteiger partial charge in [-0.05, 0) is 73.5 Å². The third-order valence-electron chi connectivity index (χ3n) is 7.89. The summed E-state index contributed by atoms with van der Waals surface area (Å²) in [5.41, 5.74) is 1.49. The minimum atomic E-state index is -0.482. The molecule has 5 aliphatic rings. The van der Waals surface area contributed by atoms with Gasteiger partial charge in [0.2, 0.25) is 5.91 Å². The molecule has 2 unspecified atom stereocenters. The fourth-order valence-electron chi connectivity index (χ4n) is 7.14. The van der Waals surface area contributed by atoms with Crippen LogP contribution in [-0.2, 0) is 11.3 Å². The number of hydrogen-bond donors (Lipinski definition) is 1. The zero-order valence-corrected chi connectivity index (χ0v) is 17.1. The summed E-state index contributed by atoms with van der Waals surface area (Å²) >= 11 is 0. The van der Waals surface area contributed by atoms with Crippen LogP contribution in [0, 0.1) is 28.6 Å².